The molecule has 4 aromatic carbocycles. The van der Waals surface area contributed by atoms with Crippen molar-refractivity contribution in [2.24, 2.45) is 0 Å². The number of hydrogen-bond acceptors (Lipinski definition) is 6. The summed E-state index contributed by atoms with van der Waals surface area (Å²) >= 11 is 14.1. The lowest BCUT2D eigenvalue weighted by molar-refractivity contribution is -0.122. The zero-order valence-electron chi connectivity index (χ0n) is 23.3. The summed E-state index contributed by atoms with van der Waals surface area (Å²) in [5.41, 5.74) is 2.40. The highest BCUT2D eigenvalue weighted by molar-refractivity contribution is 14.1. The van der Waals surface area contributed by atoms with Crippen LogP contribution in [-0.2, 0) is 22.8 Å². The van der Waals surface area contributed by atoms with Crippen molar-refractivity contribution in [1.82, 2.24) is 5.32 Å². The van der Waals surface area contributed by atoms with Crippen molar-refractivity contribution in [1.29, 1.82) is 0 Å². The number of benzene rings is 4. The predicted octanol–water partition coefficient (Wildman–Crippen LogP) is 7.82. The van der Waals surface area contributed by atoms with Gasteiger partial charge in [-0.15, -0.1) is 0 Å². The minimum absolute atomic E-state index is 0.210. The first-order chi connectivity index (χ1) is 21.2. The van der Waals surface area contributed by atoms with Crippen molar-refractivity contribution >= 4 is 75.4 Å². The molecule has 1 heterocycles. The highest BCUT2D eigenvalue weighted by Crippen LogP contribution is 2.36. The van der Waals surface area contributed by atoms with Gasteiger partial charge in [-0.1, -0.05) is 47.5 Å². The summed E-state index contributed by atoms with van der Waals surface area (Å²) in [6.45, 7) is 2.78. The molecule has 0 spiro atoms. The lowest BCUT2D eigenvalue weighted by atomic mass is 10.1. The van der Waals surface area contributed by atoms with Crippen LogP contribution in [0.5, 0.6) is 17.2 Å². The second-order valence-corrected chi connectivity index (χ2v) is 11.6. The molecule has 1 fully saturated rings. The third kappa shape index (κ3) is 7.53. The summed E-state index contributed by atoms with van der Waals surface area (Å²) in [6, 6.07) is 23.7. The van der Waals surface area contributed by atoms with E-state index in [1.165, 1.54) is 6.08 Å². The number of halogens is 3. The second kappa shape index (κ2) is 14.1. The third-order valence-corrected chi connectivity index (χ3v) is 7.72. The molecule has 0 aliphatic carbocycles. The van der Waals surface area contributed by atoms with E-state index in [1.54, 1.807) is 54.6 Å². The molecule has 0 radical (unpaired) electrons. The Morgan fingerprint density at radius 2 is 1.55 bits per heavy atom. The molecule has 224 valence electrons. The van der Waals surface area contributed by atoms with Crippen LogP contribution in [0.1, 0.15) is 23.6 Å². The number of rotatable bonds is 10. The van der Waals surface area contributed by atoms with Crippen molar-refractivity contribution in [3.05, 3.63) is 121 Å². The summed E-state index contributed by atoms with van der Waals surface area (Å²) in [4.78, 5) is 39.9. The van der Waals surface area contributed by atoms with Gasteiger partial charge in [0.2, 0.25) is 0 Å². The summed E-state index contributed by atoms with van der Waals surface area (Å²) in [5.74, 6) is -0.0596. The fourth-order valence-corrected chi connectivity index (χ4v) is 5.47. The van der Waals surface area contributed by atoms with Crippen molar-refractivity contribution in [3.8, 4) is 17.2 Å². The van der Waals surface area contributed by atoms with E-state index in [0.29, 0.717) is 49.6 Å². The molecular weight excluding hydrogens is 718 g/mol. The Balaban J connectivity index is 1.35. The third-order valence-electron chi connectivity index (χ3n) is 6.43. The van der Waals surface area contributed by atoms with Crippen LogP contribution >= 0.6 is 45.8 Å². The highest BCUT2D eigenvalue weighted by Gasteiger charge is 2.37. The largest absolute Gasteiger partial charge is 0.490 e. The molecule has 0 atom stereocenters. The SMILES string of the molecule is CCOc1cc(/C=C2\C(=O)NC(=O)N(c3ccc(OCc4ccc(Cl)cc4)cc3)C2=O)cc(I)c1OCc1cccc(Cl)c1. The molecule has 1 N–H and O–H groups in total. The topological polar surface area (TPSA) is 94.2 Å². The van der Waals surface area contributed by atoms with Gasteiger partial charge in [0, 0.05) is 10.0 Å². The van der Waals surface area contributed by atoms with E-state index in [2.05, 4.69) is 27.9 Å². The first kappa shape index (κ1) is 31.4. The van der Waals surface area contributed by atoms with E-state index >= 15 is 0 Å². The van der Waals surface area contributed by atoms with E-state index in [-0.39, 0.29) is 17.9 Å². The molecule has 0 aromatic heterocycles. The molecule has 1 aliphatic rings. The molecular formula is C33H25Cl2IN2O6. The van der Waals surface area contributed by atoms with E-state index in [4.69, 9.17) is 37.4 Å². The standard InChI is InChI=1S/C33H25Cl2IN2O6/c1-2-42-29-17-22(16-28(36)30(29)44-19-21-4-3-5-24(35)14-21)15-27-31(39)37-33(41)38(32(27)40)25-10-12-26(13-11-25)43-18-20-6-8-23(34)9-7-20/h3-17H,2,18-19H2,1H3,(H,37,39,41)/b27-15+. The Bertz CT molecular complexity index is 1740. The molecule has 4 aromatic rings. The molecule has 1 saturated heterocycles. The predicted molar refractivity (Wildman–Crippen MR) is 177 cm³/mol. The quantitative estimate of drug-likeness (QED) is 0.101. The van der Waals surface area contributed by atoms with E-state index < -0.39 is 17.8 Å². The Labute approximate surface area is 277 Å². The zero-order chi connectivity index (χ0) is 31.2. The normalized spacial score (nSPS) is 14.0. The Morgan fingerprint density at radius 1 is 0.818 bits per heavy atom. The van der Waals surface area contributed by atoms with Crippen LogP contribution in [0.2, 0.25) is 10.0 Å². The maximum Gasteiger partial charge on any atom is 0.335 e. The van der Waals surface area contributed by atoms with Gasteiger partial charge in [0.15, 0.2) is 11.5 Å². The van der Waals surface area contributed by atoms with E-state index in [0.717, 1.165) is 16.0 Å². The molecule has 1 aliphatic heterocycles. The van der Waals surface area contributed by atoms with Crippen molar-refractivity contribution < 1.29 is 28.6 Å². The van der Waals surface area contributed by atoms with Gasteiger partial charge in [-0.05, 0) is 113 Å². The van der Waals surface area contributed by atoms with Crippen molar-refractivity contribution in [2.45, 2.75) is 20.1 Å². The number of carbonyl (C=O) groups excluding carboxylic acids is 3. The first-order valence-electron chi connectivity index (χ1n) is 13.4. The molecule has 0 saturated carbocycles. The first-order valence-corrected chi connectivity index (χ1v) is 15.3. The molecule has 0 bridgehead atoms. The van der Waals surface area contributed by atoms with Gasteiger partial charge in [-0.25, -0.2) is 9.69 Å². The van der Waals surface area contributed by atoms with Crippen LogP contribution in [0.4, 0.5) is 10.5 Å². The van der Waals surface area contributed by atoms with Gasteiger partial charge in [0.25, 0.3) is 11.8 Å². The van der Waals surface area contributed by atoms with Gasteiger partial charge < -0.3 is 14.2 Å². The molecule has 5 rings (SSSR count). The van der Waals surface area contributed by atoms with E-state index in [9.17, 15) is 14.4 Å². The number of amides is 4. The molecule has 8 nitrogen and oxygen atoms in total. The Kier molecular flexibility index (Phi) is 10.1. The fraction of sp³-hybridized carbons (Fsp3) is 0.121. The lowest BCUT2D eigenvalue weighted by Gasteiger charge is -2.26. The summed E-state index contributed by atoms with van der Waals surface area (Å²) in [6.07, 6.45) is 1.42. The van der Waals surface area contributed by atoms with Crippen molar-refractivity contribution in [3.63, 3.8) is 0 Å². The van der Waals surface area contributed by atoms with Crippen LogP contribution in [-0.4, -0.2) is 24.5 Å². The van der Waals surface area contributed by atoms with Crippen LogP contribution in [0, 0.1) is 3.57 Å². The highest BCUT2D eigenvalue weighted by atomic mass is 127. The average Bonchev–Trinajstić information content (AvgIpc) is 2.99. The number of imide groups is 2. The summed E-state index contributed by atoms with van der Waals surface area (Å²) in [5, 5.41) is 3.49. The molecule has 44 heavy (non-hydrogen) atoms. The van der Waals surface area contributed by atoms with E-state index in [1.807, 2.05) is 37.3 Å². The number of nitrogens with zero attached hydrogens (tertiary/aromatic N) is 1. The lowest BCUT2D eigenvalue weighted by Crippen LogP contribution is -2.54. The number of carbonyl (C=O) groups is 3. The van der Waals surface area contributed by atoms with Crippen LogP contribution in [0.15, 0.2) is 90.5 Å². The molecule has 11 heteroatoms. The fourth-order valence-electron chi connectivity index (χ4n) is 4.35. The number of urea groups is 1. The van der Waals surface area contributed by atoms with Crippen LogP contribution < -0.4 is 24.4 Å². The summed E-state index contributed by atoms with van der Waals surface area (Å²) in [7, 11) is 0. The number of anilines is 1. The molecule has 0 unspecified atom stereocenters. The smallest absolute Gasteiger partial charge is 0.335 e. The number of hydrogen-bond donors (Lipinski definition) is 1. The van der Waals surface area contributed by atoms with Gasteiger partial charge >= 0.3 is 6.03 Å². The minimum atomic E-state index is -0.846. The van der Waals surface area contributed by atoms with Crippen LogP contribution in [0.25, 0.3) is 6.08 Å². The maximum atomic E-state index is 13.5. The summed E-state index contributed by atoms with van der Waals surface area (Å²) < 4.78 is 18.4. The Morgan fingerprint density at radius 3 is 2.25 bits per heavy atom. The number of nitrogens with one attached hydrogen (secondary N) is 1. The number of ether oxygens (including phenoxy) is 3. The van der Waals surface area contributed by atoms with Gasteiger partial charge in [0.05, 0.1) is 15.9 Å². The monoisotopic (exact) mass is 742 g/mol. The van der Waals surface area contributed by atoms with Gasteiger partial charge in [-0.3, -0.25) is 14.9 Å². The average molecular weight is 743 g/mol. The maximum absolute atomic E-state index is 13.5. The van der Waals surface area contributed by atoms with Crippen LogP contribution in [0.3, 0.4) is 0 Å². The van der Waals surface area contributed by atoms with Gasteiger partial charge in [-0.2, -0.15) is 0 Å². The molecule has 4 amide bonds. The second-order valence-electron chi connectivity index (χ2n) is 9.55. The Hall–Kier alpha value is -4.06. The number of barbiturate groups is 1. The zero-order valence-corrected chi connectivity index (χ0v) is 27.0. The minimum Gasteiger partial charge on any atom is -0.490 e. The van der Waals surface area contributed by atoms with Crippen molar-refractivity contribution in [2.75, 3.05) is 11.5 Å². The van der Waals surface area contributed by atoms with Gasteiger partial charge in [0.1, 0.15) is 24.5 Å².